The van der Waals surface area contributed by atoms with E-state index in [1.165, 1.54) is 33.5 Å². The fraction of sp³-hybridized carbons (Fsp3) is 0.333. The van der Waals surface area contributed by atoms with E-state index in [4.69, 9.17) is 13.8 Å². The number of aryl methyl sites for hydroxylation is 1. The van der Waals surface area contributed by atoms with E-state index in [1.54, 1.807) is 36.4 Å². The lowest BCUT2D eigenvalue weighted by Crippen LogP contribution is -2.29. The van der Waals surface area contributed by atoms with Crippen LogP contribution in [0.3, 0.4) is 0 Å². The molecule has 1 atom stereocenters. The van der Waals surface area contributed by atoms with Gasteiger partial charge in [-0.15, -0.1) is 0 Å². The van der Waals surface area contributed by atoms with Crippen LogP contribution in [0.2, 0.25) is 0 Å². The van der Waals surface area contributed by atoms with Crippen LogP contribution >= 0.6 is 7.60 Å². The molecule has 1 unspecified atom stereocenters. The zero-order chi connectivity index (χ0) is 20.1. The van der Waals surface area contributed by atoms with Gasteiger partial charge >= 0.3 is 7.60 Å². The molecule has 1 N–H and O–H groups in total. The van der Waals surface area contributed by atoms with Crippen LogP contribution < -0.4 is 9.46 Å². The van der Waals surface area contributed by atoms with E-state index in [1.807, 2.05) is 6.92 Å². The van der Waals surface area contributed by atoms with Crippen molar-refractivity contribution >= 4 is 17.6 Å². The SMILES string of the molecule is COc1ccc(C(CNS(=O)(=O)c2ccc(C)cc2)P(=O)(OC)OC)cc1. The Morgan fingerprint density at radius 3 is 2.00 bits per heavy atom. The van der Waals surface area contributed by atoms with Crippen molar-refractivity contribution in [2.24, 2.45) is 0 Å². The fourth-order valence-corrected chi connectivity index (χ4v) is 5.24. The molecule has 2 aromatic carbocycles. The predicted octanol–water partition coefficient (Wildman–Crippen LogP) is 3.51. The number of rotatable bonds is 9. The first-order chi connectivity index (χ1) is 12.8. The highest BCUT2D eigenvalue weighted by Gasteiger charge is 2.36. The molecule has 2 rings (SSSR count). The lowest BCUT2D eigenvalue weighted by molar-refractivity contribution is 0.265. The van der Waals surface area contributed by atoms with Crippen LogP contribution in [-0.4, -0.2) is 36.3 Å². The van der Waals surface area contributed by atoms with Crippen molar-refractivity contribution in [2.75, 3.05) is 27.9 Å². The summed E-state index contributed by atoms with van der Waals surface area (Å²) in [6.07, 6.45) is 0. The maximum atomic E-state index is 13.0. The molecule has 0 spiro atoms. The number of hydrogen-bond acceptors (Lipinski definition) is 6. The summed E-state index contributed by atoms with van der Waals surface area (Å²) in [6, 6.07) is 13.3. The summed E-state index contributed by atoms with van der Waals surface area (Å²) in [7, 11) is -3.28. The average Bonchev–Trinajstić information content (AvgIpc) is 2.68. The third-order valence-corrected chi connectivity index (χ3v) is 7.89. The second-order valence-electron chi connectivity index (χ2n) is 5.86. The van der Waals surface area contributed by atoms with Gasteiger partial charge in [0.25, 0.3) is 0 Å². The summed E-state index contributed by atoms with van der Waals surface area (Å²) in [5.74, 6) is 0.627. The summed E-state index contributed by atoms with van der Waals surface area (Å²) in [5, 5.41) is 0. The minimum atomic E-state index is -3.78. The first kappa shape index (κ1) is 21.6. The van der Waals surface area contributed by atoms with Gasteiger partial charge in [-0.3, -0.25) is 4.57 Å². The minimum Gasteiger partial charge on any atom is -0.497 e. The molecule has 7 nitrogen and oxygen atoms in total. The van der Waals surface area contributed by atoms with E-state index in [9.17, 15) is 13.0 Å². The summed E-state index contributed by atoms with van der Waals surface area (Å²) in [4.78, 5) is 0.131. The lowest BCUT2D eigenvalue weighted by Gasteiger charge is -2.25. The van der Waals surface area contributed by atoms with E-state index in [0.717, 1.165) is 5.56 Å². The Bertz CT molecular complexity index is 888. The Hall–Kier alpha value is -1.70. The van der Waals surface area contributed by atoms with Gasteiger partial charge in [-0.05, 0) is 36.8 Å². The van der Waals surface area contributed by atoms with Gasteiger partial charge in [-0.2, -0.15) is 0 Å². The summed E-state index contributed by atoms with van der Waals surface area (Å²) in [6.45, 7) is 1.72. The van der Waals surface area contributed by atoms with E-state index < -0.39 is 23.3 Å². The Kier molecular flexibility index (Phi) is 7.19. The van der Waals surface area contributed by atoms with Crippen molar-refractivity contribution in [3.8, 4) is 5.75 Å². The number of nitrogens with one attached hydrogen (secondary N) is 1. The Balaban J connectivity index is 2.31. The largest absolute Gasteiger partial charge is 0.497 e. The van der Waals surface area contributed by atoms with Gasteiger partial charge in [-0.25, -0.2) is 13.1 Å². The van der Waals surface area contributed by atoms with Gasteiger partial charge in [0.1, 0.15) is 5.75 Å². The Labute approximate surface area is 160 Å². The first-order valence-electron chi connectivity index (χ1n) is 8.17. The van der Waals surface area contributed by atoms with Gasteiger partial charge in [0.2, 0.25) is 10.0 Å². The number of ether oxygens (including phenoxy) is 1. The molecule has 0 bridgehead atoms. The lowest BCUT2D eigenvalue weighted by atomic mass is 10.1. The van der Waals surface area contributed by atoms with Gasteiger partial charge < -0.3 is 13.8 Å². The number of hydrogen-bond donors (Lipinski definition) is 1. The number of sulfonamides is 1. The van der Waals surface area contributed by atoms with Crippen molar-refractivity contribution in [3.05, 3.63) is 59.7 Å². The van der Waals surface area contributed by atoms with Crippen LogP contribution in [-0.2, 0) is 23.6 Å². The second-order valence-corrected chi connectivity index (χ2v) is 10.1. The summed E-state index contributed by atoms with van der Waals surface area (Å²) >= 11 is 0. The average molecular weight is 413 g/mol. The highest BCUT2D eigenvalue weighted by atomic mass is 32.2. The molecule has 0 aliphatic heterocycles. The smallest absolute Gasteiger partial charge is 0.338 e. The topological polar surface area (TPSA) is 90.9 Å². The molecule has 0 radical (unpaired) electrons. The molecule has 27 heavy (non-hydrogen) atoms. The van der Waals surface area contributed by atoms with Crippen molar-refractivity contribution in [2.45, 2.75) is 17.5 Å². The molecule has 0 aliphatic carbocycles. The monoisotopic (exact) mass is 413 g/mol. The fourth-order valence-electron chi connectivity index (χ4n) is 2.56. The van der Waals surface area contributed by atoms with Crippen molar-refractivity contribution in [3.63, 3.8) is 0 Å². The standard InChI is InChI=1S/C18H24NO6PS/c1-14-5-11-17(12-6-14)27(21,22)19-13-18(26(20,24-3)25-4)15-7-9-16(23-2)10-8-15/h5-12,18-19H,13H2,1-4H3. The van der Waals surface area contributed by atoms with Crippen molar-refractivity contribution in [1.29, 1.82) is 0 Å². The molecule has 0 amide bonds. The van der Waals surface area contributed by atoms with E-state index in [2.05, 4.69) is 4.72 Å². The molecule has 0 fully saturated rings. The molecule has 9 heteroatoms. The van der Waals surface area contributed by atoms with Crippen LogP contribution in [0, 0.1) is 6.92 Å². The molecule has 2 aromatic rings. The third kappa shape index (κ3) is 5.18. The van der Waals surface area contributed by atoms with Crippen molar-refractivity contribution < 1.29 is 26.8 Å². The number of benzene rings is 2. The predicted molar refractivity (Wildman–Crippen MR) is 104 cm³/mol. The van der Waals surface area contributed by atoms with Gasteiger partial charge in [0.05, 0.1) is 17.7 Å². The van der Waals surface area contributed by atoms with Gasteiger partial charge in [0.15, 0.2) is 0 Å². The molecule has 0 heterocycles. The maximum Gasteiger partial charge on any atom is 0.338 e. The van der Waals surface area contributed by atoms with Gasteiger partial charge in [0, 0.05) is 20.8 Å². The second kappa shape index (κ2) is 8.99. The number of methoxy groups -OCH3 is 1. The Morgan fingerprint density at radius 2 is 1.52 bits per heavy atom. The molecular formula is C18H24NO6PS. The molecule has 0 aliphatic rings. The summed E-state index contributed by atoms with van der Waals surface area (Å²) in [5.41, 5.74) is 0.737. The molecular weight excluding hydrogens is 389 g/mol. The Morgan fingerprint density at radius 1 is 0.963 bits per heavy atom. The maximum absolute atomic E-state index is 13.0. The third-order valence-electron chi connectivity index (χ3n) is 4.19. The van der Waals surface area contributed by atoms with E-state index >= 15 is 0 Å². The zero-order valence-electron chi connectivity index (χ0n) is 15.7. The van der Waals surface area contributed by atoms with Crippen molar-refractivity contribution in [1.82, 2.24) is 4.72 Å². The van der Waals surface area contributed by atoms with Crippen LogP contribution in [0.1, 0.15) is 16.8 Å². The van der Waals surface area contributed by atoms with Crippen LogP contribution in [0.5, 0.6) is 5.75 Å². The first-order valence-corrected chi connectivity index (χ1v) is 11.3. The van der Waals surface area contributed by atoms with E-state index in [0.29, 0.717) is 11.3 Å². The summed E-state index contributed by atoms with van der Waals surface area (Å²) < 4.78 is 56.0. The quantitative estimate of drug-likeness (QED) is 0.633. The van der Waals surface area contributed by atoms with E-state index in [-0.39, 0.29) is 11.4 Å². The molecule has 0 saturated heterocycles. The highest BCUT2D eigenvalue weighted by Crippen LogP contribution is 2.59. The van der Waals surface area contributed by atoms with Crippen LogP contribution in [0.25, 0.3) is 0 Å². The molecule has 148 valence electrons. The molecule has 0 saturated carbocycles. The normalized spacial score (nSPS) is 13.3. The zero-order valence-corrected chi connectivity index (χ0v) is 17.4. The van der Waals surface area contributed by atoms with Crippen LogP contribution in [0.15, 0.2) is 53.4 Å². The molecule has 0 aromatic heterocycles. The van der Waals surface area contributed by atoms with Gasteiger partial charge in [-0.1, -0.05) is 29.8 Å². The van der Waals surface area contributed by atoms with Crippen LogP contribution in [0.4, 0.5) is 0 Å². The highest BCUT2D eigenvalue weighted by molar-refractivity contribution is 7.89. The minimum absolute atomic E-state index is 0.131.